The summed E-state index contributed by atoms with van der Waals surface area (Å²) in [5.41, 5.74) is 9.05. The van der Waals surface area contributed by atoms with Crippen molar-refractivity contribution in [2.24, 2.45) is 5.73 Å². The normalized spacial score (nSPS) is 15.6. The summed E-state index contributed by atoms with van der Waals surface area (Å²) in [7, 11) is -3.76. The first-order chi connectivity index (χ1) is 16.9. The van der Waals surface area contributed by atoms with Gasteiger partial charge >= 0.3 is 0 Å². The van der Waals surface area contributed by atoms with E-state index < -0.39 is 21.8 Å². The molecular formula is C26H27N3O4S2. The zero-order valence-corrected chi connectivity index (χ0v) is 20.9. The minimum absolute atomic E-state index is 0.131. The van der Waals surface area contributed by atoms with Crippen molar-refractivity contribution in [2.45, 2.75) is 49.8 Å². The highest BCUT2D eigenvalue weighted by atomic mass is 32.2. The largest absolute Gasteiger partial charge is 0.365 e. The summed E-state index contributed by atoms with van der Waals surface area (Å²) in [6.07, 6.45) is 6.42. The third kappa shape index (κ3) is 4.46. The van der Waals surface area contributed by atoms with Crippen molar-refractivity contribution in [2.75, 3.05) is 16.2 Å². The number of fused-ring (bicyclic) bond motifs is 2. The molecule has 0 saturated carbocycles. The summed E-state index contributed by atoms with van der Waals surface area (Å²) in [5, 5.41) is 3.31. The summed E-state index contributed by atoms with van der Waals surface area (Å²) in [4.78, 5) is 26.4. The average molecular weight is 510 g/mol. The SMILES string of the molecule is NC(=O)c1c(NC(=O)c2ccc(S(=O)(=O)N3CCCc4ccccc43)cc2)sc2c1CCCCC2. The number of hydrogen-bond donors (Lipinski definition) is 2. The Balaban J connectivity index is 1.38. The molecule has 0 unspecified atom stereocenters. The Labute approximate surface area is 209 Å². The smallest absolute Gasteiger partial charge is 0.264 e. The number of nitrogens with zero attached hydrogens (tertiary/aromatic N) is 1. The molecule has 1 aliphatic heterocycles. The molecule has 2 aromatic carbocycles. The molecule has 1 aromatic heterocycles. The van der Waals surface area contributed by atoms with Crippen LogP contribution in [0.2, 0.25) is 0 Å². The molecule has 2 heterocycles. The van der Waals surface area contributed by atoms with Crippen LogP contribution in [0.15, 0.2) is 53.4 Å². The van der Waals surface area contributed by atoms with E-state index in [-0.39, 0.29) is 4.90 Å². The maximum Gasteiger partial charge on any atom is 0.264 e. The Bertz CT molecular complexity index is 1390. The van der Waals surface area contributed by atoms with Crippen LogP contribution < -0.4 is 15.4 Å². The van der Waals surface area contributed by atoms with E-state index in [0.29, 0.717) is 28.4 Å². The van der Waals surface area contributed by atoms with Gasteiger partial charge in [0.05, 0.1) is 16.1 Å². The molecule has 7 nitrogen and oxygen atoms in total. The molecule has 0 atom stereocenters. The number of amides is 2. The predicted octanol–water partition coefficient (Wildman–Crippen LogP) is 4.51. The Morgan fingerprint density at radius 2 is 1.66 bits per heavy atom. The number of nitrogens with two attached hydrogens (primary N) is 1. The lowest BCUT2D eigenvalue weighted by atomic mass is 10.0. The van der Waals surface area contributed by atoms with Crippen LogP contribution >= 0.6 is 11.3 Å². The van der Waals surface area contributed by atoms with Crippen LogP contribution in [0.3, 0.4) is 0 Å². The van der Waals surface area contributed by atoms with Crippen LogP contribution in [0.1, 0.15) is 62.4 Å². The fourth-order valence-electron chi connectivity index (χ4n) is 4.92. The number of primary amides is 1. The number of rotatable bonds is 5. The molecule has 0 saturated heterocycles. The molecule has 5 rings (SSSR count). The van der Waals surface area contributed by atoms with E-state index in [9.17, 15) is 18.0 Å². The molecule has 0 fully saturated rings. The van der Waals surface area contributed by atoms with E-state index in [1.807, 2.05) is 24.3 Å². The Morgan fingerprint density at radius 3 is 2.43 bits per heavy atom. The highest BCUT2D eigenvalue weighted by molar-refractivity contribution is 7.92. The van der Waals surface area contributed by atoms with Gasteiger partial charge in [-0.1, -0.05) is 24.6 Å². The highest BCUT2D eigenvalue weighted by Gasteiger charge is 2.29. The van der Waals surface area contributed by atoms with Gasteiger partial charge in [-0.15, -0.1) is 11.3 Å². The number of sulfonamides is 1. The lowest BCUT2D eigenvalue weighted by molar-refractivity contribution is 0.100. The highest BCUT2D eigenvalue weighted by Crippen LogP contribution is 2.37. The molecule has 0 bridgehead atoms. The van der Waals surface area contributed by atoms with Gasteiger partial charge in [0.2, 0.25) is 0 Å². The Kier molecular flexibility index (Phi) is 6.37. The summed E-state index contributed by atoms with van der Waals surface area (Å²) in [6, 6.07) is 13.4. The monoisotopic (exact) mass is 509 g/mol. The van der Waals surface area contributed by atoms with Gasteiger partial charge in [-0.25, -0.2) is 8.42 Å². The fraction of sp³-hybridized carbons (Fsp3) is 0.308. The number of carbonyl (C=O) groups is 2. The first-order valence-electron chi connectivity index (χ1n) is 11.8. The topological polar surface area (TPSA) is 110 Å². The minimum Gasteiger partial charge on any atom is -0.365 e. The molecule has 3 N–H and O–H groups in total. The summed E-state index contributed by atoms with van der Waals surface area (Å²) >= 11 is 1.41. The first kappa shape index (κ1) is 23.6. The maximum atomic E-state index is 13.4. The van der Waals surface area contributed by atoms with E-state index in [1.54, 1.807) is 0 Å². The van der Waals surface area contributed by atoms with Gasteiger partial charge in [0.1, 0.15) is 5.00 Å². The molecule has 1 aliphatic carbocycles. The van der Waals surface area contributed by atoms with Gasteiger partial charge in [0.25, 0.3) is 21.8 Å². The molecule has 0 spiro atoms. The summed E-state index contributed by atoms with van der Waals surface area (Å²) in [6.45, 7) is 0.417. The van der Waals surface area contributed by atoms with E-state index in [0.717, 1.165) is 60.9 Å². The number of para-hydroxylation sites is 1. The second-order valence-electron chi connectivity index (χ2n) is 8.92. The van der Waals surface area contributed by atoms with Crippen LogP contribution in [0, 0.1) is 0 Å². The van der Waals surface area contributed by atoms with Crippen LogP contribution in [-0.4, -0.2) is 26.8 Å². The van der Waals surface area contributed by atoms with Gasteiger partial charge in [-0.3, -0.25) is 13.9 Å². The second-order valence-corrected chi connectivity index (χ2v) is 11.9. The van der Waals surface area contributed by atoms with E-state index in [1.165, 1.54) is 39.9 Å². The van der Waals surface area contributed by atoms with Gasteiger partial charge in [-0.2, -0.15) is 0 Å². The first-order valence-corrected chi connectivity index (χ1v) is 14.1. The molecule has 2 aliphatic rings. The van der Waals surface area contributed by atoms with Gasteiger partial charge in [0.15, 0.2) is 0 Å². The molecule has 9 heteroatoms. The van der Waals surface area contributed by atoms with Gasteiger partial charge in [0, 0.05) is 17.0 Å². The molecule has 3 aromatic rings. The Hall–Kier alpha value is -3.17. The van der Waals surface area contributed by atoms with E-state index >= 15 is 0 Å². The third-order valence-corrected chi connectivity index (χ3v) is 9.70. The van der Waals surface area contributed by atoms with Crippen molar-refractivity contribution in [3.63, 3.8) is 0 Å². The zero-order chi connectivity index (χ0) is 24.6. The molecule has 35 heavy (non-hydrogen) atoms. The van der Waals surface area contributed by atoms with Crippen molar-refractivity contribution < 1.29 is 18.0 Å². The van der Waals surface area contributed by atoms with Crippen molar-refractivity contribution >= 4 is 43.9 Å². The quantitative estimate of drug-likeness (QED) is 0.493. The number of benzene rings is 2. The molecular weight excluding hydrogens is 482 g/mol. The van der Waals surface area contributed by atoms with Crippen molar-refractivity contribution in [1.29, 1.82) is 0 Å². The average Bonchev–Trinajstić information content (AvgIpc) is 3.04. The lowest BCUT2D eigenvalue weighted by Gasteiger charge is -2.30. The van der Waals surface area contributed by atoms with Crippen molar-refractivity contribution in [3.05, 3.63) is 75.7 Å². The van der Waals surface area contributed by atoms with E-state index in [2.05, 4.69) is 5.32 Å². The number of anilines is 2. The molecule has 2 amide bonds. The van der Waals surface area contributed by atoms with Crippen molar-refractivity contribution in [3.8, 4) is 0 Å². The van der Waals surface area contributed by atoms with Crippen LogP contribution in [0.4, 0.5) is 10.7 Å². The summed E-state index contributed by atoms with van der Waals surface area (Å²) < 4.78 is 28.2. The standard InChI is InChI=1S/C26H27N3O4S2/c27-24(30)23-20-9-2-1-3-11-22(20)34-26(23)28-25(31)18-12-14-19(15-13-18)35(32,33)29-16-6-8-17-7-4-5-10-21(17)29/h4-5,7,10,12-15H,1-3,6,8-9,11,16H2,(H2,27,30)(H,28,31). The predicted molar refractivity (Wildman–Crippen MR) is 138 cm³/mol. The number of aryl methyl sites for hydroxylation is 2. The number of carbonyl (C=O) groups excluding carboxylic acids is 2. The third-order valence-electron chi connectivity index (χ3n) is 6.67. The zero-order valence-electron chi connectivity index (χ0n) is 19.2. The van der Waals surface area contributed by atoms with Gasteiger partial charge in [-0.05, 0) is 80.0 Å². The summed E-state index contributed by atoms with van der Waals surface area (Å²) in [5.74, 6) is -0.945. The molecule has 0 radical (unpaired) electrons. The van der Waals surface area contributed by atoms with Gasteiger partial charge < -0.3 is 11.1 Å². The number of thiophene rings is 1. The minimum atomic E-state index is -3.76. The number of nitrogens with one attached hydrogen (secondary N) is 1. The number of hydrogen-bond acceptors (Lipinski definition) is 5. The van der Waals surface area contributed by atoms with Crippen molar-refractivity contribution in [1.82, 2.24) is 0 Å². The molecule has 182 valence electrons. The maximum absolute atomic E-state index is 13.4. The fourth-order valence-corrected chi connectivity index (χ4v) is 7.75. The van der Waals surface area contributed by atoms with Crippen LogP contribution in [0.5, 0.6) is 0 Å². The van der Waals surface area contributed by atoms with E-state index in [4.69, 9.17) is 5.73 Å². The lowest BCUT2D eigenvalue weighted by Crippen LogP contribution is -2.35. The Morgan fingerprint density at radius 1 is 0.914 bits per heavy atom. The van der Waals surface area contributed by atoms with Crippen LogP contribution in [-0.2, 0) is 29.3 Å². The second kappa shape index (κ2) is 9.47. The van der Waals surface area contributed by atoms with Crippen LogP contribution in [0.25, 0.3) is 0 Å².